The van der Waals surface area contributed by atoms with Gasteiger partial charge >= 0.3 is 0 Å². The molecule has 0 radical (unpaired) electrons. The van der Waals surface area contributed by atoms with Crippen molar-refractivity contribution in [1.82, 2.24) is 10.3 Å². The first-order valence-electron chi connectivity index (χ1n) is 8.67. The number of nitrogens with zero attached hydrogens (tertiary/aromatic N) is 2. The molecule has 4 rings (SSSR count). The lowest BCUT2D eigenvalue weighted by molar-refractivity contribution is 0.729. The second-order valence-electron chi connectivity index (χ2n) is 6.56. The van der Waals surface area contributed by atoms with Gasteiger partial charge in [0.2, 0.25) is 0 Å². The van der Waals surface area contributed by atoms with Crippen LogP contribution in [-0.2, 0) is 0 Å². The van der Waals surface area contributed by atoms with Crippen LogP contribution in [0.4, 0.5) is 17.1 Å². The Hall–Kier alpha value is -2.17. The molecule has 3 heterocycles. The maximum absolute atomic E-state index is 6.26. The van der Waals surface area contributed by atoms with Crippen LogP contribution in [0.3, 0.4) is 0 Å². The molecule has 26 heavy (non-hydrogen) atoms. The lowest BCUT2D eigenvalue weighted by atomic mass is 9.94. The summed E-state index contributed by atoms with van der Waals surface area (Å²) in [5.41, 5.74) is 7.59. The molecule has 0 aliphatic carbocycles. The molecule has 0 spiro atoms. The van der Waals surface area contributed by atoms with Gasteiger partial charge in [-0.15, -0.1) is 0 Å². The maximum Gasteiger partial charge on any atom is 0.149 e. The van der Waals surface area contributed by atoms with Gasteiger partial charge in [0.05, 0.1) is 11.4 Å². The van der Waals surface area contributed by atoms with Crippen molar-refractivity contribution in [1.29, 1.82) is 0 Å². The van der Waals surface area contributed by atoms with Crippen molar-refractivity contribution in [3.63, 3.8) is 0 Å². The maximum atomic E-state index is 6.26. The van der Waals surface area contributed by atoms with Crippen molar-refractivity contribution in [2.45, 2.75) is 19.3 Å². The fourth-order valence-electron chi connectivity index (χ4n) is 3.54. The van der Waals surface area contributed by atoms with E-state index in [1.165, 1.54) is 29.7 Å². The molecule has 4 nitrogen and oxygen atoms in total. The molecule has 0 unspecified atom stereocenters. The Labute approximate surface area is 163 Å². The average molecular weight is 387 g/mol. The zero-order chi connectivity index (χ0) is 18.3. The summed E-state index contributed by atoms with van der Waals surface area (Å²) in [6.07, 6.45) is 5.04. The third-order valence-corrected chi connectivity index (χ3v) is 5.73. The van der Waals surface area contributed by atoms with Gasteiger partial charge < -0.3 is 15.5 Å². The quantitative estimate of drug-likeness (QED) is 0.660. The molecule has 0 saturated carbocycles. The van der Waals surface area contributed by atoms with E-state index in [1.807, 2.05) is 12.1 Å². The summed E-state index contributed by atoms with van der Waals surface area (Å²) in [6.45, 7) is 5.29. The number of rotatable bonds is 2. The third-order valence-electron chi connectivity index (χ3n) is 4.96. The molecule has 0 saturated heterocycles. The van der Waals surface area contributed by atoms with Gasteiger partial charge in [-0.2, -0.15) is 0 Å². The van der Waals surface area contributed by atoms with E-state index in [2.05, 4.69) is 46.3 Å². The molecule has 0 bridgehead atoms. The minimum atomic E-state index is 0.293. The van der Waals surface area contributed by atoms with Crippen molar-refractivity contribution >= 4 is 46.0 Å². The first-order valence-corrected chi connectivity index (χ1v) is 9.43. The predicted molar refractivity (Wildman–Crippen MR) is 110 cm³/mol. The van der Waals surface area contributed by atoms with Crippen molar-refractivity contribution in [3.8, 4) is 0 Å². The molecular weight excluding hydrogens is 367 g/mol. The van der Waals surface area contributed by atoms with Gasteiger partial charge in [-0.05, 0) is 49.1 Å². The van der Waals surface area contributed by atoms with E-state index in [0.29, 0.717) is 10.2 Å². The second kappa shape index (κ2) is 6.86. The molecule has 2 aromatic rings. The molecule has 2 aliphatic rings. The fraction of sp³-hybridized carbons (Fsp3) is 0.250. The van der Waals surface area contributed by atoms with Crippen molar-refractivity contribution in [2.24, 2.45) is 0 Å². The van der Waals surface area contributed by atoms with Gasteiger partial charge in [0, 0.05) is 42.4 Å². The van der Waals surface area contributed by atoms with Crippen LogP contribution in [-0.4, -0.2) is 18.6 Å². The molecule has 1 aromatic heterocycles. The number of hydrogen-bond donors (Lipinski definition) is 2. The molecule has 2 aliphatic heterocycles. The van der Waals surface area contributed by atoms with Crippen LogP contribution < -0.4 is 15.5 Å². The average Bonchev–Trinajstić information content (AvgIpc) is 2.90. The smallest absolute Gasteiger partial charge is 0.149 e. The molecule has 0 fully saturated rings. The first kappa shape index (κ1) is 17.3. The molecule has 0 amide bonds. The van der Waals surface area contributed by atoms with E-state index in [9.17, 15) is 0 Å². The highest BCUT2D eigenvalue weighted by atomic mass is 35.5. The number of anilines is 3. The van der Waals surface area contributed by atoms with Crippen LogP contribution in [0.15, 0.2) is 48.3 Å². The molecule has 134 valence electrons. The lowest BCUT2D eigenvalue weighted by Crippen LogP contribution is -2.27. The topological polar surface area (TPSA) is 40.2 Å². The Bertz CT molecular complexity index is 920. The Morgan fingerprint density at radius 2 is 2.08 bits per heavy atom. The van der Waals surface area contributed by atoms with E-state index in [4.69, 9.17) is 23.2 Å². The molecule has 1 aromatic carbocycles. The molecule has 6 heteroatoms. The summed E-state index contributed by atoms with van der Waals surface area (Å²) >= 11 is 12.3. The van der Waals surface area contributed by atoms with Gasteiger partial charge in [0.15, 0.2) is 0 Å². The monoisotopic (exact) mass is 386 g/mol. The zero-order valence-corrected chi connectivity index (χ0v) is 16.1. The number of hydrogen-bond acceptors (Lipinski definition) is 4. The molecule has 0 atom stereocenters. The molecular formula is C20H20Cl2N4. The van der Waals surface area contributed by atoms with Gasteiger partial charge in [-0.25, -0.2) is 4.98 Å². The number of halogens is 2. The number of benzene rings is 1. The Kier molecular flexibility index (Phi) is 4.55. The number of pyridine rings is 1. The Balaban J connectivity index is 1.77. The third kappa shape index (κ3) is 2.93. The summed E-state index contributed by atoms with van der Waals surface area (Å²) in [5, 5.41) is 7.68. The van der Waals surface area contributed by atoms with Gasteiger partial charge in [0.1, 0.15) is 10.2 Å². The lowest BCUT2D eigenvalue weighted by Gasteiger charge is -2.33. The Morgan fingerprint density at radius 3 is 2.92 bits per heavy atom. The number of aromatic nitrogens is 1. The highest BCUT2D eigenvalue weighted by Crippen LogP contribution is 2.42. The van der Waals surface area contributed by atoms with E-state index < -0.39 is 0 Å². The largest absolute Gasteiger partial charge is 0.384 e. The van der Waals surface area contributed by atoms with Crippen molar-refractivity contribution in [3.05, 3.63) is 64.1 Å². The first-order chi connectivity index (χ1) is 12.6. The van der Waals surface area contributed by atoms with E-state index >= 15 is 0 Å². The predicted octanol–water partition coefficient (Wildman–Crippen LogP) is 5.58. The van der Waals surface area contributed by atoms with Crippen LogP contribution in [0.2, 0.25) is 10.2 Å². The summed E-state index contributed by atoms with van der Waals surface area (Å²) in [6, 6.07) is 8.11. The number of fused-ring (bicyclic) bond motifs is 2. The zero-order valence-electron chi connectivity index (χ0n) is 14.6. The summed E-state index contributed by atoms with van der Waals surface area (Å²) in [7, 11) is 2.07. The van der Waals surface area contributed by atoms with Crippen LogP contribution in [0.25, 0.3) is 5.70 Å². The van der Waals surface area contributed by atoms with Crippen LogP contribution in [0.1, 0.15) is 24.8 Å². The Morgan fingerprint density at radius 1 is 1.23 bits per heavy atom. The minimum Gasteiger partial charge on any atom is -0.384 e. The number of allylic oxidation sites excluding steroid dienone is 1. The highest BCUT2D eigenvalue weighted by Gasteiger charge is 2.26. The van der Waals surface area contributed by atoms with Crippen molar-refractivity contribution in [2.75, 3.05) is 23.8 Å². The van der Waals surface area contributed by atoms with E-state index in [0.717, 1.165) is 35.7 Å². The summed E-state index contributed by atoms with van der Waals surface area (Å²) < 4.78 is 0. The van der Waals surface area contributed by atoms with Gasteiger partial charge in [-0.3, -0.25) is 0 Å². The van der Waals surface area contributed by atoms with Crippen LogP contribution >= 0.6 is 23.2 Å². The minimum absolute atomic E-state index is 0.293. The van der Waals surface area contributed by atoms with Crippen molar-refractivity contribution < 1.29 is 0 Å². The van der Waals surface area contributed by atoms with E-state index in [1.54, 1.807) is 6.20 Å². The van der Waals surface area contributed by atoms with Crippen LogP contribution in [0, 0.1) is 0 Å². The normalized spacial score (nSPS) is 16.6. The fourth-order valence-corrected chi connectivity index (χ4v) is 3.86. The number of nitrogens with one attached hydrogen (secondary N) is 2. The SMILES string of the molecule is C=C1C2=C(NCCCC2)c2cc(Nc3ccnc(Cl)c3Cl)ccc2N1C. The van der Waals surface area contributed by atoms with Crippen LogP contribution in [0.5, 0.6) is 0 Å². The van der Waals surface area contributed by atoms with Gasteiger partial charge in [0.25, 0.3) is 0 Å². The van der Waals surface area contributed by atoms with E-state index in [-0.39, 0.29) is 0 Å². The summed E-state index contributed by atoms with van der Waals surface area (Å²) in [4.78, 5) is 6.16. The second-order valence-corrected chi connectivity index (χ2v) is 7.30. The summed E-state index contributed by atoms with van der Waals surface area (Å²) in [5.74, 6) is 0. The number of likely N-dealkylation sites (N-methyl/N-ethyl adjacent to an activating group) is 1. The standard InChI is InChI=1S/C20H20Cl2N4/c1-12-14-5-3-4-9-23-19(14)15-11-13(6-7-17(15)26(12)2)25-16-8-10-24-20(22)18(16)21/h6-8,10-11,23H,1,3-5,9H2,2H3,(H,24,25). The molecule has 2 N–H and O–H groups in total. The highest BCUT2D eigenvalue weighted by molar-refractivity contribution is 6.43. The van der Waals surface area contributed by atoms with Gasteiger partial charge in [-0.1, -0.05) is 29.8 Å².